The zero-order chi connectivity index (χ0) is 15.8. The molecule has 0 bridgehead atoms. The summed E-state index contributed by atoms with van der Waals surface area (Å²) in [5.41, 5.74) is 3.11. The Morgan fingerprint density at radius 1 is 1.29 bits per heavy atom. The SMILES string of the molecule is CCOC(=O)c1c(C)[nH]c(CCC(=O)NCCOC)c1C. The van der Waals surface area contributed by atoms with Crippen molar-refractivity contribution in [2.75, 3.05) is 26.9 Å². The van der Waals surface area contributed by atoms with Gasteiger partial charge in [0.05, 0.1) is 18.8 Å². The number of ether oxygens (including phenoxy) is 2. The van der Waals surface area contributed by atoms with Gasteiger partial charge in [0.2, 0.25) is 5.91 Å². The molecule has 0 saturated heterocycles. The number of aromatic nitrogens is 1. The summed E-state index contributed by atoms with van der Waals surface area (Å²) >= 11 is 0. The summed E-state index contributed by atoms with van der Waals surface area (Å²) < 4.78 is 9.91. The molecule has 0 spiro atoms. The minimum atomic E-state index is -0.320. The van der Waals surface area contributed by atoms with E-state index in [4.69, 9.17) is 9.47 Å². The van der Waals surface area contributed by atoms with Gasteiger partial charge in [-0.25, -0.2) is 4.79 Å². The maximum absolute atomic E-state index is 11.9. The van der Waals surface area contributed by atoms with E-state index in [2.05, 4.69) is 10.3 Å². The Hall–Kier alpha value is -1.82. The molecule has 0 aliphatic heterocycles. The Morgan fingerprint density at radius 2 is 2.00 bits per heavy atom. The van der Waals surface area contributed by atoms with Crippen molar-refractivity contribution >= 4 is 11.9 Å². The molecular weight excluding hydrogens is 272 g/mol. The van der Waals surface area contributed by atoms with E-state index in [1.807, 2.05) is 13.8 Å². The molecule has 0 aliphatic rings. The van der Waals surface area contributed by atoms with E-state index in [1.54, 1.807) is 14.0 Å². The van der Waals surface area contributed by atoms with Crippen molar-refractivity contribution in [1.82, 2.24) is 10.3 Å². The predicted molar refractivity (Wildman–Crippen MR) is 79.4 cm³/mol. The van der Waals surface area contributed by atoms with E-state index in [9.17, 15) is 9.59 Å². The molecule has 21 heavy (non-hydrogen) atoms. The second kappa shape index (κ2) is 8.46. The van der Waals surface area contributed by atoms with Gasteiger partial charge in [-0.15, -0.1) is 0 Å². The number of hydrogen-bond acceptors (Lipinski definition) is 4. The third-order valence-corrected chi connectivity index (χ3v) is 3.25. The van der Waals surface area contributed by atoms with Crippen LogP contribution in [0.5, 0.6) is 0 Å². The number of carbonyl (C=O) groups excluding carboxylic acids is 2. The Morgan fingerprint density at radius 3 is 2.62 bits per heavy atom. The molecule has 1 amide bonds. The van der Waals surface area contributed by atoms with Crippen LogP contribution in [-0.2, 0) is 20.7 Å². The highest BCUT2D eigenvalue weighted by molar-refractivity contribution is 5.92. The summed E-state index contributed by atoms with van der Waals surface area (Å²) in [5, 5.41) is 2.77. The van der Waals surface area contributed by atoms with Crippen molar-refractivity contribution in [2.24, 2.45) is 0 Å². The fourth-order valence-corrected chi connectivity index (χ4v) is 2.19. The van der Waals surface area contributed by atoms with Gasteiger partial charge in [-0.1, -0.05) is 0 Å². The first kappa shape index (κ1) is 17.2. The zero-order valence-electron chi connectivity index (χ0n) is 13.2. The number of aromatic amines is 1. The molecule has 0 aliphatic carbocycles. The third kappa shape index (κ3) is 4.90. The van der Waals surface area contributed by atoms with Gasteiger partial charge in [-0.3, -0.25) is 4.79 Å². The van der Waals surface area contributed by atoms with E-state index < -0.39 is 0 Å². The van der Waals surface area contributed by atoms with Gasteiger partial charge in [-0.2, -0.15) is 0 Å². The van der Waals surface area contributed by atoms with Crippen LogP contribution < -0.4 is 5.32 Å². The van der Waals surface area contributed by atoms with E-state index in [0.717, 1.165) is 17.0 Å². The highest BCUT2D eigenvalue weighted by Crippen LogP contribution is 2.20. The lowest BCUT2D eigenvalue weighted by atomic mass is 10.1. The van der Waals surface area contributed by atoms with Crippen LogP contribution in [0.2, 0.25) is 0 Å². The van der Waals surface area contributed by atoms with Crippen molar-refractivity contribution in [1.29, 1.82) is 0 Å². The minimum Gasteiger partial charge on any atom is -0.462 e. The molecule has 6 nitrogen and oxygen atoms in total. The molecule has 0 fully saturated rings. The van der Waals surface area contributed by atoms with Crippen LogP contribution in [0.25, 0.3) is 0 Å². The fourth-order valence-electron chi connectivity index (χ4n) is 2.19. The zero-order valence-corrected chi connectivity index (χ0v) is 13.2. The molecule has 0 radical (unpaired) electrons. The molecule has 0 atom stereocenters. The Bertz CT molecular complexity index is 494. The molecule has 6 heteroatoms. The van der Waals surface area contributed by atoms with E-state index >= 15 is 0 Å². The number of amides is 1. The molecule has 0 saturated carbocycles. The molecule has 118 valence electrons. The molecule has 1 aromatic rings. The topological polar surface area (TPSA) is 80.4 Å². The summed E-state index contributed by atoms with van der Waals surface area (Å²) in [5.74, 6) is -0.351. The van der Waals surface area contributed by atoms with Gasteiger partial charge < -0.3 is 19.8 Å². The molecule has 2 N–H and O–H groups in total. The second-order valence-corrected chi connectivity index (χ2v) is 4.79. The van der Waals surface area contributed by atoms with Gasteiger partial charge in [0.1, 0.15) is 0 Å². The van der Waals surface area contributed by atoms with Gasteiger partial charge in [0, 0.05) is 31.5 Å². The summed E-state index contributed by atoms with van der Waals surface area (Å²) in [4.78, 5) is 26.7. The number of carbonyl (C=O) groups is 2. The summed E-state index contributed by atoms with van der Waals surface area (Å²) in [7, 11) is 1.59. The Labute approximate surface area is 125 Å². The van der Waals surface area contributed by atoms with Crippen LogP contribution in [-0.4, -0.2) is 43.7 Å². The third-order valence-electron chi connectivity index (χ3n) is 3.25. The van der Waals surface area contributed by atoms with Crippen molar-refractivity contribution in [3.8, 4) is 0 Å². The van der Waals surface area contributed by atoms with Crippen LogP contribution >= 0.6 is 0 Å². The number of hydrogen-bond donors (Lipinski definition) is 2. The van der Waals surface area contributed by atoms with Gasteiger partial charge in [-0.05, 0) is 32.8 Å². The molecule has 0 unspecified atom stereocenters. The number of aryl methyl sites for hydroxylation is 2. The second-order valence-electron chi connectivity index (χ2n) is 4.79. The Balaban J connectivity index is 2.62. The molecular formula is C15H24N2O4. The normalized spacial score (nSPS) is 10.5. The van der Waals surface area contributed by atoms with Gasteiger partial charge in [0.15, 0.2) is 0 Å². The van der Waals surface area contributed by atoms with E-state index in [-0.39, 0.29) is 11.9 Å². The number of esters is 1. The number of H-pyrrole nitrogens is 1. The fraction of sp³-hybridized carbons (Fsp3) is 0.600. The minimum absolute atomic E-state index is 0.0311. The van der Waals surface area contributed by atoms with Crippen LogP contribution in [0, 0.1) is 13.8 Å². The average Bonchev–Trinajstić information content (AvgIpc) is 2.71. The number of nitrogens with one attached hydrogen (secondary N) is 2. The van der Waals surface area contributed by atoms with Crippen molar-refractivity contribution in [3.05, 3.63) is 22.5 Å². The molecule has 1 aromatic heterocycles. The van der Waals surface area contributed by atoms with Crippen molar-refractivity contribution in [2.45, 2.75) is 33.6 Å². The summed E-state index contributed by atoms with van der Waals surface area (Å²) in [6, 6.07) is 0. The Kier molecular flexibility index (Phi) is 6.94. The molecule has 1 heterocycles. The van der Waals surface area contributed by atoms with E-state index in [0.29, 0.717) is 38.2 Å². The van der Waals surface area contributed by atoms with E-state index in [1.165, 1.54) is 0 Å². The maximum Gasteiger partial charge on any atom is 0.340 e. The quantitative estimate of drug-likeness (QED) is 0.563. The van der Waals surface area contributed by atoms with Crippen molar-refractivity contribution < 1.29 is 19.1 Å². The van der Waals surface area contributed by atoms with Gasteiger partial charge in [0.25, 0.3) is 0 Å². The first-order valence-electron chi connectivity index (χ1n) is 7.12. The monoisotopic (exact) mass is 296 g/mol. The summed E-state index contributed by atoms with van der Waals surface area (Å²) in [6.07, 6.45) is 0.928. The first-order chi connectivity index (χ1) is 10.0. The number of rotatable bonds is 8. The molecule has 1 rings (SSSR count). The van der Waals surface area contributed by atoms with Crippen LogP contribution in [0.15, 0.2) is 0 Å². The molecule has 0 aromatic carbocycles. The highest BCUT2D eigenvalue weighted by Gasteiger charge is 2.19. The standard InChI is InChI=1S/C15H24N2O4/c1-5-21-15(19)14-10(2)12(17-11(14)3)6-7-13(18)16-8-9-20-4/h17H,5-9H2,1-4H3,(H,16,18). The average molecular weight is 296 g/mol. The highest BCUT2D eigenvalue weighted by atomic mass is 16.5. The van der Waals surface area contributed by atoms with Crippen LogP contribution in [0.1, 0.15) is 40.7 Å². The van der Waals surface area contributed by atoms with Crippen LogP contribution in [0.4, 0.5) is 0 Å². The van der Waals surface area contributed by atoms with Crippen LogP contribution in [0.3, 0.4) is 0 Å². The predicted octanol–water partition coefficient (Wildman–Crippen LogP) is 1.50. The lowest BCUT2D eigenvalue weighted by Crippen LogP contribution is -2.27. The lowest BCUT2D eigenvalue weighted by Gasteiger charge is -2.05. The lowest BCUT2D eigenvalue weighted by molar-refractivity contribution is -0.121. The smallest absolute Gasteiger partial charge is 0.340 e. The van der Waals surface area contributed by atoms with Gasteiger partial charge >= 0.3 is 5.97 Å². The summed E-state index contributed by atoms with van der Waals surface area (Å²) in [6.45, 7) is 6.83. The number of methoxy groups -OCH3 is 1. The van der Waals surface area contributed by atoms with Crippen molar-refractivity contribution in [3.63, 3.8) is 0 Å². The first-order valence-corrected chi connectivity index (χ1v) is 7.12. The largest absolute Gasteiger partial charge is 0.462 e. The maximum atomic E-state index is 11.9.